The molecule has 11 rings (SSSR count). The molecular formula is C53H35N3O. The van der Waals surface area contributed by atoms with E-state index in [1.54, 1.807) is 0 Å². The van der Waals surface area contributed by atoms with E-state index >= 15 is 0 Å². The molecule has 0 saturated carbocycles. The third kappa shape index (κ3) is 5.87. The topological polar surface area (TPSA) is 51.0 Å². The Kier molecular flexibility index (Phi) is 7.85. The van der Waals surface area contributed by atoms with E-state index in [-0.39, 0.29) is 6.04 Å². The summed E-state index contributed by atoms with van der Waals surface area (Å²) in [5.41, 5.74) is 14.5. The molecule has 8 aromatic carbocycles. The molecule has 0 aliphatic carbocycles. The summed E-state index contributed by atoms with van der Waals surface area (Å²) in [5, 5.41) is 8.61. The van der Waals surface area contributed by atoms with Gasteiger partial charge in [0.15, 0.2) is 5.82 Å². The minimum Gasteiger partial charge on any atom is -0.456 e. The summed E-state index contributed by atoms with van der Waals surface area (Å²) in [6.07, 6.45) is 2.39. The van der Waals surface area contributed by atoms with Crippen molar-refractivity contribution in [3.63, 3.8) is 0 Å². The number of furan rings is 1. The van der Waals surface area contributed by atoms with E-state index in [9.17, 15) is 0 Å². The standard InChI is InChI=1S/C53H35N3O/c1-4-15-34(16-5-1)44-32-46(54-45-28-27-35-17-10-11-22-41(35)51(44)45)39-29-38(42-24-14-26-50-52(42)43-23-12-13-25-49(43)57-50)30-40(31-39)48-33-47(36-18-6-2-7-19-36)55-53(56-48)37-20-8-3-9-21-37/h1-33,46,54H. The molecule has 2 aromatic heterocycles. The van der Waals surface area contributed by atoms with Crippen molar-refractivity contribution in [2.24, 2.45) is 0 Å². The van der Waals surface area contributed by atoms with Gasteiger partial charge in [0.05, 0.1) is 17.4 Å². The number of hydrogen-bond acceptors (Lipinski definition) is 4. The van der Waals surface area contributed by atoms with Gasteiger partial charge in [-0.3, -0.25) is 0 Å². The van der Waals surface area contributed by atoms with Gasteiger partial charge in [-0.2, -0.15) is 0 Å². The van der Waals surface area contributed by atoms with Gasteiger partial charge in [-0.05, 0) is 87.1 Å². The number of benzene rings is 8. The maximum atomic E-state index is 6.40. The van der Waals surface area contributed by atoms with Crippen LogP contribution in [0.25, 0.3) is 83.3 Å². The van der Waals surface area contributed by atoms with Crippen molar-refractivity contribution in [3.8, 4) is 45.0 Å². The second kappa shape index (κ2) is 13.6. The molecule has 0 fully saturated rings. The van der Waals surface area contributed by atoms with Crippen LogP contribution < -0.4 is 5.32 Å². The van der Waals surface area contributed by atoms with Gasteiger partial charge >= 0.3 is 0 Å². The maximum absolute atomic E-state index is 6.40. The van der Waals surface area contributed by atoms with Gasteiger partial charge in [-0.1, -0.05) is 152 Å². The summed E-state index contributed by atoms with van der Waals surface area (Å²) in [6.45, 7) is 0. The van der Waals surface area contributed by atoms with Crippen molar-refractivity contribution in [1.29, 1.82) is 0 Å². The molecule has 0 saturated heterocycles. The number of fused-ring (bicyclic) bond motifs is 6. The number of rotatable bonds is 6. The Morgan fingerprint density at radius 2 is 1.09 bits per heavy atom. The third-order valence-electron chi connectivity index (χ3n) is 11.1. The average molecular weight is 730 g/mol. The van der Waals surface area contributed by atoms with Crippen molar-refractivity contribution >= 4 is 44.0 Å². The lowest BCUT2D eigenvalue weighted by Crippen LogP contribution is -2.15. The highest BCUT2D eigenvalue weighted by molar-refractivity contribution is 6.12. The number of nitrogens with one attached hydrogen (secondary N) is 1. The van der Waals surface area contributed by atoms with E-state index in [0.29, 0.717) is 5.82 Å². The summed E-state index contributed by atoms with van der Waals surface area (Å²) in [4.78, 5) is 10.4. The predicted molar refractivity (Wildman–Crippen MR) is 235 cm³/mol. The van der Waals surface area contributed by atoms with Crippen LogP contribution in [0.2, 0.25) is 0 Å². The molecule has 1 aliphatic heterocycles. The highest BCUT2D eigenvalue weighted by atomic mass is 16.3. The van der Waals surface area contributed by atoms with Crippen LogP contribution in [0.15, 0.2) is 205 Å². The summed E-state index contributed by atoms with van der Waals surface area (Å²) < 4.78 is 6.40. The Bertz CT molecular complexity index is 3090. The van der Waals surface area contributed by atoms with Crippen molar-refractivity contribution < 1.29 is 4.42 Å². The molecule has 0 spiro atoms. The van der Waals surface area contributed by atoms with Gasteiger partial charge in [0.2, 0.25) is 0 Å². The Labute approximate surface area is 330 Å². The first-order chi connectivity index (χ1) is 28.2. The lowest BCUT2D eigenvalue weighted by molar-refractivity contribution is 0.669. The fourth-order valence-corrected chi connectivity index (χ4v) is 8.40. The van der Waals surface area contributed by atoms with Crippen LogP contribution in [0, 0.1) is 0 Å². The molecule has 1 atom stereocenters. The quantitative estimate of drug-likeness (QED) is 0.185. The highest BCUT2D eigenvalue weighted by Crippen LogP contribution is 2.45. The molecule has 0 radical (unpaired) electrons. The van der Waals surface area contributed by atoms with Crippen LogP contribution in [0.1, 0.15) is 22.7 Å². The van der Waals surface area contributed by atoms with E-state index < -0.39 is 0 Å². The molecule has 4 nitrogen and oxygen atoms in total. The Hall–Kier alpha value is -7.56. The molecule has 268 valence electrons. The van der Waals surface area contributed by atoms with Gasteiger partial charge in [0, 0.05) is 38.7 Å². The van der Waals surface area contributed by atoms with E-state index in [2.05, 4.69) is 169 Å². The monoisotopic (exact) mass is 729 g/mol. The SMILES string of the molecule is C1=C(c2ccccc2)c2c(ccc3ccccc23)NC1c1cc(-c2cc(-c3ccccc3)nc(-c3ccccc3)n2)cc(-c2cccc3oc4ccccc4c23)c1. The first-order valence-corrected chi connectivity index (χ1v) is 19.4. The predicted octanol–water partition coefficient (Wildman–Crippen LogP) is 13.8. The van der Waals surface area contributed by atoms with Crippen molar-refractivity contribution in [2.75, 3.05) is 5.32 Å². The van der Waals surface area contributed by atoms with Crippen LogP contribution in [0.5, 0.6) is 0 Å². The lowest BCUT2D eigenvalue weighted by atomic mass is 9.85. The fraction of sp³-hybridized carbons (Fsp3) is 0.0189. The minimum atomic E-state index is -0.142. The third-order valence-corrected chi connectivity index (χ3v) is 11.1. The zero-order valence-corrected chi connectivity index (χ0v) is 30.9. The summed E-state index contributed by atoms with van der Waals surface area (Å²) in [7, 11) is 0. The second-order valence-electron chi connectivity index (χ2n) is 14.6. The van der Waals surface area contributed by atoms with E-state index in [0.717, 1.165) is 72.4 Å². The largest absolute Gasteiger partial charge is 0.456 e. The number of para-hydroxylation sites is 1. The van der Waals surface area contributed by atoms with Gasteiger partial charge < -0.3 is 9.73 Å². The fourth-order valence-electron chi connectivity index (χ4n) is 8.40. The van der Waals surface area contributed by atoms with Crippen molar-refractivity contribution in [1.82, 2.24) is 9.97 Å². The second-order valence-corrected chi connectivity index (χ2v) is 14.6. The molecule has 1 aliphatic rings. The molecule has 57 heavy (non-hydrogen) atoms. The molecule has 0 amide bonds. The smallest absolute Gasteiger partial charge is 0.160 e. The Balaban J connectivity index is 1.17. The summed E-state index contributed by atoms with van der Waals surface area (Å²) in [5.74, 6) is 0.685. The molecule has 1 N–H and O–H groups in total. The first kappa shape index (κ1) is 32.8. The normalized spacial score (nSPS) is 13.7. The molecular weight excluding hydrogens is 695 g/mol. The summed E-state index contributed by atoms with van der Waals surface area (Å²) in [6, 6.07) is 68.0. The van der Waals surface area contributed by atoms with Gasteiger partial charge in [-0.15, -0.1) is 0 Å². The minimum absolute atomic E-state index is 0.142. The van der Waals surface area contributed by atoms with Gasteiger partial charge in [0.25, 0.3) is 0 Å². The van der Waals surface area contributed by atoms with Crippen molar-refractivity contribution in [3.05, 3.63) is 217 Å². The maximum Gasteiger partial charge on any atom is 0.160 e. The number of aromatic nitrogens is 2. The van der Waals surface area contributed by atoms with Gasteiger partial charge in [0.1, 0.15) is 11.2 Å². The Morgan fingerprint density at radius 1 is 0.456 bits per heavy atom. The lowest BCUT2D eigenvalue weighted by Gasteiger charge is -2.29. The van der Waals surface area contributed by atoms with E-state index in [4.69, 9.17) is 14.4 Å². The number of nitrogens with zero attached hydrogens (tertiary/aromatic N) is 2. The number of anilines is 1. The molecule has 0 bridgehead atoms. The van der Waals surface area contributed by atoms with Crippen molar-refractivity contribution in [2.45, 2.75) is 6.04 Å². The van der Waals surface area contributed by atoms with Crippen LogP contribution in [-0.4, -0.2) is 9.97 Å². The van der Waals surface area contributed by atoms with E-state index in [1.807, 2.05) is 36.4 Å². The van der Waals surface area contributed by atoms with Crippen LogP contribution >= 0.6 is 0 Å². The van der Waals surface area contributed by atoms with E-state index in [1.165, 1.54) is 27.5 Å². The highest BCUT2D eigenvalue weighted by Gasteiger charge is 2.25. The van der Waals surface area contributed by atoms with Crippen LogP contribution in [0.4, 0.5) is 5.69 Å². The number of hydrogen-bond donors (Lipinski definition) is 1. The Morgan fingerprint density at radius 3 is 1.88 bits per heavy atom. The zero-order valence-electron chi connectivity index (χ0n) is 30.9. The van der Waals surface area contributed by atoms with Gasteiger partial charge in [-0.25, -0.2) is 9.97 Å². The molecule has 4 heteroatoms. The average Bonchev–Trinajstić information content (AvgIpc) is 3.68. The zero-order chi connectivity index (χ0) is 37.7. The molecule has 3 heterocycles. The van der Waals surface area contributed by atoms with Crippen LogP contribution in [0.3, 0.4) is 0 Å². The molecule has 10 aromatic rings. The summed E-state index contributed by atoms with van der Waals surface area (Å²) >= 11 is 0. The molecule has 1 unspecified atom stereocenters. The van der Waals surface area contributed by atoms with Crippen LogP contribution in [-0.2, 0) is 0 Å². The first-order valence-electron chi connectivity index (χ1n) is 19.4.